The van der Waals surface area contributed by atoms with Crippen LogP contribution in [0.1, 0.15) is 29.0 Å². The Bertz CT molecular complexity index is 613. The van der Waals surface area contributed by atoms with Gasteiger partial charge in [-0.1, -0.05) is 42.5 Å². The smallest absolute Gasteiger partial charge is 0.0991 e. The van der Waals surface area contributed by atoms with Gasteiger partial charge in [0.2, 0.25) is 0 Å². The molecule has 100 valence electrons. The fourth-order valence-corrected chi connectivity index (χ4v) is 2.97. The molecule has 1 atom stereocenters. The standard InChI is InChI=1S/C18H18N2/c19-12-15-5-4-6-16(11-15)13-20-10-9-18(14-20)17-7-2-1-3-8-17/h1-8,11,18H,9-10,13-14H2/t18-/m1/s1. The average Bonchev–Trinajstić information content (AvgIpc) is 2.97. The predicted octanol–water partition coefficient (Wildman–Crippen LogP) is 3.55. The number of likely N-dealkylation sites (tertiary alicyclic amines) is 1. The highest BCUT2D eigenvalue weighted by Gasteiger charge is 2.23. The van der Waals surface area contributed by atoms with E-state index in [0.717, 1.165) is 25.2 Å². The van der Waals surface area contributed by atoms with Crippen LogP contribution in [0.4, 0.5) is 0 Å². The van der Waals surface area contributed by atoms with Crippen molar-refractivity contribution in [3.63, 3.8) is 0 Å². The molecule has 0 aliphatic carbocycles. The summed E-state index contributed by atoms with van der Waals surface area (Å²) in [6, 6.07) is 20.9. The normalized spacial score (nSPS) is 18.9. The third-order valence-corrected chi connectivity index (χ3v) is 4.01. The van der Waals surface area contributed by atoms with Crippen LogP contribution in [-0.4, -0.2) is 18.0 Å². The number of nitrogens with zero attached hydrogens (tertiary/aromatic N) is 2. The van der Waals surface area contributed by atoms with E-state index < -0.39 is 0 Å². The molecule has 0 N–H and O–H groups in total. The van der Waals surface area contributed by atoms with Crippen molar-refractivity contribution in [2.75, 3.05) is 13.1 Å². The molecule has 1 fully saturated rings. The number of nitriles is 1. The van der Waals surface area contributed by atoms with Crippen LogP contribution in [0.25, 0.3) is 0 Å². The first-order chi connectivity index (χ1) is 9.85. The quantitative estimate of drug-likeness (QED) is 0.846. The second kappa shape index (κ2) is 5.90. The van der Waals surface area contributed by atoms with E-state index in [1.54, 1.807) is 0 Å². The van der Waals surface area contributed by atoms with Gasteiger partial charge in [-0.25, -0.2) is 0 Å². The minimum Gasteiger partial charge on any atom is -0.298 e. The summed E-state index contributed by atoms with van der Waals surface area (Å²) >= 11 is 0. The Labute approximate surface area is 120 Å². The molecule has 0 saturated carbocycles. The van der Waals surface area contributed by atoms with Crippen molar-refractivity contribution >= 4 is 0 Å². The van der Waals surface area contributed by atoms with Crippen molar-refractivity contribution < 1.29 is 0 Å². The zero-order chi connectivity index (χ0) is 13.8. The zero-order valence-corrected chi connectivity index (χ0v) is 11.5. The second-order valence-corrected chi connectivity index (χ2v) is 5.44. The molecule has 0 radical (unpaired) electrons. The summed E-state index contributed by atoms with van der Waals surface area (Å²) in [4.78, 5) is 2.48. The minimum atomic E-state index is 0.648. The Morgan fingerprint density at radius 2 is 1.95 bits per heavy atom. The average molecular weight is 262 g/mol. The Morgan fingerprint density at radius 3 is 2.75 bits per heavy atom. The highest BCUT2D eigenvalue weighted by Crippen LogP contribution is 2.27. The monoisotopic (exact) mass is 262 g/mol. The summed E-state index contributed by atoms with van der Waals surface area (Å²) < 4.78 is 0. The lowest BCUT2D eigenvalue weighted by Gasteiger charge is -2.16. The van der Waals surface area contributed by atoms with Gasteiger partial charge in [0.1, 0.15) is 0 Å². The van der Waals surface area contributed by atoms with E-state index in [2.05, 4.69) is 47.4 Å². The van der Waals surface area contributed by atoms with Gasteiger partial charge in [-0.3, -0.25) is 4.90 Å². The maximum Gasteiger partial charge on any atom is 0.0991 e. The van der Waals surface area contributed by atoms with Crippen LogP contribution in [-0.2, 0) is 6.54 Å². The van der Waals surface area contributed by atoms with E-state index in [1.165, 1.54) is 17.5 Å². The van der Waals surface area contributed by atoms with Crippen LogP contribution in [0.2, 0.25) is 0 Å². The van der Waals surface area contributed by atoms with Gasteiger partial charge in [0.05, 0.1) is 11.6 Å². The van der Waals surface area contributed by atoms with Gasteiger partial charge in [0.25, 0.3) is 0 Å². The number of hydrogen-bond donors (Lipinski definition) is 0. The summed E-state index contributed by atoms with van der Waals surface area (Å²) in [6.07, 6.45) is 1.22. The van der Waals surface area contributed by atoms with Gasteiger partial charge >= 0.3 is 0 Å². The van der Waals surface area contributed by atoms with Gasteiger partial charge in [0.15, 0.2) is 0 Å². The lowest BCUT2D eigenvalue weighted by molar-refractivity contribution is 0.327. The fourth-order valence-electron chi connectivity index (χ4n) is 2.97. The van der Waals surface area contributed by atoms with Crippen LogP contribution in [0.15, 0.2) is 54.6 Å². The summed E-state index contributed by atoms with van der Waals surface area (Å²) in [6.45, 7) is 3.19. The Hall–Kier alpha value is -2.11. The van der Waals surface area contributed by atoms with Gasteiger partial charge in [0, 0.05) is 13.1 Å². The third kappa shape index (κ3) is 2.89. The topological polar surface area (TPSA) is 27.0 Å². The van der Waals surface area contributed by atoms with Gasteiger partial charge in [-0.05, 0) is 42.1 Å². The molecule has 2 aromatic rings. The largest absolute Gasteiger partial charge is 0.298 e. The molecule has 1 heterocycles. The van der Waals surface area contributed by atoms with Crippen LogP contribution in [0.5, 0.6) is 0 Å². The van der Waals surface area contributed by atoms with E-state index in [0.29, 0.717) is 5.92 Å². The number of rotatable bonds is 3. The van der Waals surface area contributed by atoms with Gasteiger partial charge < -0.3 is 0 Å². The second-order valence-electron chi connectivity index (χ2n) is 5.44. The van der Waals surface area contributed by atoms with Crippen molar-refractivity contribution in [3.8, 4) is 6.07 Å². The van der Waals surface area contributed by atoms with Crippen molar-refractivity contribution in [1.29, 1.82) is 5.26 Å². The van der Waals surface area contributed by atoms with E-state index >= 15 is 0 Å². The Kier molecular flexibility index (Phi) is 3.80. The van der Waals surface area contributed by atoms with Crippen molar-refractivity contribution in [1.82, 2.24) is 4.90 Å². The van der Waals surface area contributed by atoms with Crippen LogP contribution < -0.4 is 0 Å². The molecule has 3 rings (SSSR count). The molecule has 20 heavy (non-hydrogen) atoms. The first-order valence-corrected chi connectivity index (χ1v) is 7.11. The van der Waals surface area contributed by atoms with E-state index in [9.17, 15) is 0 Å². The molecule has 0 amide bonds. The fraction of sp³-hybridized carbons (Fsp3) is 0.278. The lowest BCUT2D eigenvalue weighted by Crippen LogP contribution is -2.19. The van der Waals surface area contributed by atoms with Crippen molar-refractivity contribution in [3.05, 3.63) is 71.3 Å². The first kappa shape index (κ1) is 12.9. The van der Waals surface area contributed by atoms with Crippen LogP contribution in [0, 0.1) is 11.3 Å². The minimum absolute atomic E-state index is 0.648. The number of hydrogen-bond acceptors (Lipinski definition) is 2. The van der Waals surface area contributed by atoms with E-state index in [1.807, 2.05) is 18.2 Å². The summed E-state index contributed by atoms with van der Waals surface area (Å²) in [5.74, 6) is 0.648. The molecule has 0 unspecified atom stereocenters. The molecule has 1 saturated heterocycles. The Balaban J connectivity index is 1.64. The lowest BCUT2D eigenvalue weighted by atomic mass is 9.99. The van der Waals surface area contributed by atoms with E-state index in [4.69, 9.17) is 5.26 Å². The summed E-state index contributed by atoms with van der Waals surface area (Å²) in [5, 5.41) is 8.95. The molecule has 0 aromatic heterocycles. The summed E-state index contributed by atoms with van der Waals surface area (Å²) in [7, 11) is 0. The summed E-state index contributed by atoms with van der Waals surface area (Å²) in [5.41, 5.74) is 3.43. The molecular formula is C18H18N2. The highest BCUT2D eigenvalue weighted by atomic mass is 15.1. The van der Waals surface area contributed by atoms with E-state index in [-0.39, 0.29) is 0 Å². The first-order valence-electron chi connectivity index (χ1n) is 7.11. The SMILES string of the molecule is N#Cc1cccc(CN2CC[C@@H](c3ccccc3)C2)c1. The molecule has 0 bridgehead atoms. The van der Waals surface area contributed by atoms with Crippen LogP contribution >= 0.6 is 0 Å². The van der Waals surface area contributed by atoms with Crippen molar-refractivity contribution in [2.24, 2.45) is 0 Å². The molecule has 1 aliphatic heterocycles. The van der Waals surface area contributed by atoms with Gasteiger partial charge in [-0.15, -0.1) is 0 Å². The molecule has 2 heteroatoms. The third-order valence-electron chi connectivity index (χ3n) is 4.01. The maximum atomic E-state index is 8.95. The number of benzene rings is 2. The molecular weight excluding hydrogens is 244 g/mol. The molecule has 2 aromatic carbocycles. The molecule has 0 spiro atoms. The predicted molar refractivity (Wildman–Crippen MR) is 80.2 cm³/mol. The highest BCUT2D eigenvalue weighted by molar-refractivity contribution is 5.32. The maximum absolute atomic E-state index is 8.95. The van der Waals surface area contributed by atoms with Gasteiger partial charge in [-0.2, -0.15) is 5.26 Å². The zero-order valence-electron chi connectivity index (χ0n) is 11.5. The van der Waals surface area contributed by atoms with Crippen LogP contribution in [0.3, 0.4) is 0 Å². The molecule has 2 nitrogen and oxygen atoms in total. The molecule has 1 aliphatic rings. The van der Waals surface area contributed by atoms with Crippen molar-refractivity contribution in [2.45, 2.75) is 18.9 Å². The Morgan fingerprint density at radius 1 is 1.10 bits per heavy atom.